The first-order valence-electron chi connectivity index (χ1n) is 5.58. The first kappa shape index (κ1) is 11.9. The number of benzene rings is 1. The number of hydrogen-bond donors (Lipinski definition) is 1. The predicted molar refractivity (Wildman–Crippen MR) is 67.9 cm³/mol. The summed E-state index contributed by atoms with van der Waals surface area (Å²) in [6.07, 6.45) is 1.73. The quantitative estimate of drug-likeness (QED) is 0.920. The standard InChI is InChI=1S/C13H17BrO2/c1-8(2)10-6-9(13(15)4-5-13)7-11(14)12(10)16-3/h6-8,15H,4-5H2,1-3H3. The zero-order valence-corrected chi connectivity index (χ0v) is 11.5. The van der Waals surface area contributed by atoms with Gasteiger partial charge in [0.05, 0.1) is 17.2 Å². The van der Waals surface area contributed by atoms with Crippen molar-refractivity contribution in [2.45, 2.75) is 38.2 Å². The maximum atomic E-state index is 10.1. The summed E-state index contributed by atoms with van der Waals surface area (Å²) in [7, 11) is 1.68. The van der Waals surface area contributed by atoms with Gasteiger partial charge in [0.25, 0.3) is 0 Å². The summed E-state index contributed by atoms with van der Waals surface area (Å²) in [5, 5.41) is 10.1. The number of aliphatic hydroxyl groups is 1. The molecule has 0 aromatic heterocycles. The Morgan fingerprint density at radius 3 is 2.44 bits per heavy atom. The molecule has 2 rings (SSSR count). The van der Waals surface area contributed by atoms with Crippen LogP contribution in [0, 0.1) is 0 Å². The lowest BCUT2D eigenvalue weighted by Gasteiger charge is -2.17. The van der Waals surface area contributed by atoms with E-state index in [1.165, 1.54) is 0 Å². The van der Waals surface area contributed by atoms with E-state index in [-0.39, 0.29) is 0 Å². The van der Waals surface area contributed by atoms with Crippen LogP contribution in [0.4, 0.5) is 0 Å². The molecule has 0 saturated heterocycles. The van der Waals surface area contributed by atoms with Gasteiger partial charge in [-0.05, 0) is 57.9 Å². The molecule has 1 aromatic rings. The lowest BCUT2D eigenvalue weighted by molar-refractivity contribution is 0.151. The van der Waals surface area contributed by atoms with Gasteiger partial charge in [0, 0.05) is 0 Å². The maximum Gasteiger partial charge on any atom is 0.136 e. The topological polar surface area (TPSA) is 29.5 Å². The lowest BCUT2D eigenvalue weighted by Crippen LogP contribution is -2.07. The molecule has 1 aliphatic rings. The van der Waals surface area contributed by atoms with Crippen LogP contribution in [0.5, 0.6) is 5.75 Å². The molecule has 0 aliphatic heterocycles. The highest BCUT2D eigenvalue weighted by atomic mass is 79.9. The SMILES string of the molecule is COc1c(Br)cc(C2(O)CC2)cc1C(C)C. The van der Waals surface area contributed by atoms with E-state index in [1.54, 1.807) is 7.11 Å². The number of halogens is 1. The Labute approximate surface area is 105 Å². The molecule has 1 saturated carbocycles. The zero-order valence-electron chi connectivity index (χ0n) is 9.88. The van der Waals surface area contributed by atoms with Crippen LogP contribution < -0.4 is 4.74 Å². The van der Waals surface area contributed by atoms with Crippen molar-refractivity contribution in [3.63, 3.8) is 0 Å². The minimum Gasteiger partial charge on any atom is -0.495 e. The van der Waals surface area contributed by atoms with Gasteiger partial charge in [-0.1, -0.05) is 13.8 Å². The van der Waals surface area contributed by atoms with E-state index in [0.29, 0.717) is 5.92 Å². The van der Waals surface area contributed by atoms with E-state index >= 15 is 0 Å². The second-order valence-electron chi connectivity index (χ2n) is 4.77. The number of methoxy groups -OCH3 is 1. The molecule has 0 heterocycles. The fraction of sp³-hybridized carbons (Fsp3) is 0.538. The Bertz CT molecular complexity index is 409. The Balaban J connectivity index is 2.52. The summed E-state index contributed by atoms with van der Waals surface area (Å²) < 4.78 is 6.32. The molecule has 88 valence electrons. The normalized spacial score (nSPS) is 17.6. The first-order chi connectivity index (χ1) is 7.48. The Morgan fingerprint density at radius 1 is 1.38 bits per heavy atom. The van der Waals surface area contributed by atoms with Gasteiger partial charge in [0.1, 0.15) is 5.75 Å². The summed E-state index contributed by atoms with van der Waals surface area (Å²) in [6, 6.07) is 4.04. The fourth-order valence-electron chi connectivity index (χ4n) is 1.93. The minimum atomic E-state index is -0.585. The molecular weight excluding hydrogens is 268 g/mol. The van der Waals surface area contributed by atoms with E-state index in [0.717, 1.165) is 34.2 Å². The molecule has 0 bridgehead atoms. The number of hydrogen-bond acceptors (Lipinski definition) is 2. The second-order valence-corrected chi connectivity index (χ2v) is 5.62. The average Bonchev–Trinajstić information content (AvgIpc) is 2.96. The van der Waals surface area contributed by atoms with Gasteiger partial charge in [-0.15, -0.1) is 0 Å². The van der Waals surface area contributed by atoms with Crippen molar-refractivity contribution in [1.82, 2.24) is 0 Å². The second kappa shape index (κ2) is 4.04. The molecule has 1 aromatic carbocycles. The van der Waals surface area contributed by atoms with Crippen LogP contribution in [0.3, 0.4) is 0 Å². The summed E-state index contributed by atoms with van der Waals surface area (Å²) in [5.41, 5.74) is 1.56. The Hall–Kier alpha value is -0.540. The molecule has 3 heteroatoms. The molecule has 1 N–H and O–H groups in total. The van der Waals surface area contributed by atoms with Gasteiger partial charge in [0.2, 0.25) is 0 Å². The third-order valence-electron chi connectivity index (χ3n) is 3.16. The average molecular weight is 285 g/mol. The van der Waals surface area contributed by atoms with E-state index in [2.05, 4.69) is 35.8 Å². The van der Waals surface area contributed by atoms with Crippen LogP contribution in [-0.2, 0) is 5.60 Å². The van der Waals surface area contributed by atoms with E-state index in [1.807, 2.05) is 6.07 Å². The molecule has 0 spiro atoms. The monoisotopic (exact) mass is 284 g/mol. The van der Waals surface area contributed by atoms with E-state index in [9.17, 15) is 5.11 Å². The Morgan fingerprint density at radius 2 is 2.00 bits per heavy atom. The minimum absolute atomic E-state index is 0.383. The van der Waals surface area contributed by atoms with Gasteiger partial charge < -0.3 is 9.84 Å². The summed E-state index contributed by atoms with van der Waals surface area (Å²) in [4.78, 5) is 0. The fourth-order valence-corrected chi connectivity index (χ4v) is 2.57. The Kier molecular flexibility index (Phi) is 3.01. The molecule has 0 amide bonds. The van der Waals surface area contributed by atoms with Crippen LogP contribution in [0.1, 0.15) is 43.7 Å². The van der Waals surface area contributed by atoms with Crippen LogP contribution in [0.25, 0.3) is 0 Å². The summed E-state index contributed by atoms with van der Waals surface area (Å²) in [6.45, 7) is 4.26. The van der Waals surface area contributed by atoms with Gasteiger partial charge in [-0.3, -0.25) is 0 Å². The van der Waals surface area contributed by atoms with Crippen LogP contribution in [0.2, 0.25) is 0 Å². The van der Waals surface area contributed by atoms with Crippen molar-refractivity contribution < 1.29 is 9.84 Å². The molecule has 0 atom stereocenters. The van der Waals surface area contributed by atoms with Gasteiger partial charge in [-0.25, -0.2) is 0 Å². The predicted octanol–water partition coefficient (Wildman–Crippen LogP) is 3.56. The molecule has 2 nitrogen and oxygen atoms in total. The smallest absolute Gasteiger partial charge is 0.136 e. The lowest BCUT2D eigenvalue weighted by atomic mass is 9.96. The molecule has 16 heavy (non-hydrogen) atoms. The maximum absolute atomic E-state index is 10.1. The third kappa shape index (κ3) is 1.98. The number of rotatable bonds is 3. The molecule has 0 unspecified atom stereocenters. The van der Waals surface area contributed by atoms with Crippen molar-refractivity contribution in [3.8, 4) is 5.75 Å². The van der Waals surface area contributed by atoms with Crippen LogP contribution in [-0.4, -0.2) is 12.2 Å². The summed E-state index contributed by atoms with van der Waals surface area (Å²) in [5.74, 6) is 1.26. The zero-order chi connectivity index (χ0) is 11.9. The molecule has 0 radical (unpaired) electrons. The van der Waals surface area contributed by atoms with Crippen molar-refractivity contribution in [2.24, 2.45) is 0 Å². The highest BCUT2D eigenvalue weighted by Gasteiger charge is 2.42. The van der Waals surface area contributed by atoms with Gasteiger partial charge in [-0.2, -0.15) is 0 Å². The highest BCUT2D eigenvalue weighted by Crippen LogP contribution is 2.48. The van der Waals surface area contributed by atoms with Crippen molar-refractivity contribution in [1.29, 1.82) is 0 Å². The number of ether oxygens (including phenoxy) is 1. The van der Waals surface area contributed by atoms with E-state index in [4.69, 9.17) is 4.74 Å². The first-order valence-corrected chi connectivity index (χ1v) is 6.37. The van der Waals surface area contributed by atoms with Crippen molar-refractivity contribution in [3.05, 3.63) is 27.7 Å². The van der Waals surface area contributed by atoms with Crippen molar-refractivity contribution >= 4 is 15.9 Å². The highest BCUT2D eigenvalue weighted by molar-refractivity contribution is 9.10. The van der Waals surface area contributed by atoms with E-state index < -0.39 is 5.60 Å². The third-order valence-corrected chi connectivity index (χ3v) is 3.75. The largest absolute Gasteiger partial charge is 0.495 e. The van der Waals surface area contributed by atoms with Crippen molar-refractivity contribution in [2.75, 3.05) is 7.11 Å². The molecular formula is C13H17BrO2. The molecule has 1 fully saturated rings. The molecule has 1 aliphatic carbocycles. The van der Waals surface area contributed by atoms with Gasteiger partial charge >= 0.3 is 0 Å². The van der Waals surface area contributed by atoms with Gasteiger partial charge in [0.15, 0.2) is 0 Å². The van der Waals surface area contributed by atoms with Crippen LogP contribution in [0.15, 0.2) is 16.6 Å². The summed E-state index contributed by atoms with van der Waals surface area (Å²) >= 11 is 3.51. The van der Waals surface area contributed by atoms with Crippen LogP contribution >= 0.6 is 15.9 Å².